The second-order valence-electron chi connectivity index (χ2n) is 6.70. The first-order valence-corrected chi connectivity index (χ1v) is 10.1. The number of para-hydroxylation sites is 1. The zero-order valence-corrected chi connectivity index (χ0v) is 18.8. The van der Waals surface area contributed by atoms with Crippen molar-refractivity contribution < 1.29 is 33.7 Å². The van der Waals surface area contributed by atoms with Gasteiger partial charge in [-0.2, -0.15) is 0 Å². The smallest absolute Gasteiger partial charge is 0.329 e. The number of unbranched alkanes of at least 4 members (excludes halogenated alkanes) is 1. The molecule has 172 valence electrons. The number of hydrogen-bond acceptors (Lipinski definition) is 6. The molecule has 1 heterocycles. The maximum Gasteiger partial charge on any atom is 0.329 e. The van der Waals surface area contributed by atoms with Gasteiger partial charge in [0.1, 0.15) is 5.75 Å². The third kappa shape index (κ3) is 7.29. The monoisotopic (exact) mass is 436 g/mol. The van der Waals surface area contributed by atoms with E-state index in [0.29, 0.717) is 11.3 Å². The number of hydrogen-bond donors (Lipinski definition) is 2. The minimum Gasteiger partial charge on any atom is -0.496 e. The average Bonchev–Trinajstić information content (AvgIpc) is 3.05. The summed E-state index contributed by atoms with van der Waals surface area (Å²) in [6.45, 7) is 3.96. The van der Waals surface area contributed by atoms with Crippen molar-refractivity contribution in [3.05, 3.63) is 35.5 Å². The zero-order valence-electron chi connectivity index (χ0n) is 18.8. The van der Waals surface area contributed by atoms with Crippen LogP contribution in [0, 0.1) is 0 Å². The third-order valence-corrected chi connectivity index (χ3v) is 4.62. The van der Waals surface area contributed by atoms with Crippen molar-refractivity contribution in [3.63, 3.8) is 0 Å². The molecule has 0 radical (unpaired) electrons. The Hall–Kier alpha value is -3.07. The van der Waals surface area contributed by atoms with Crippen LogP contribution >= 0.6 is 0 Å². The average molecular weight is 437 g/mol. The van der Waals surface area contributed by atoms with Gasteiger partial charge in [-0.3, -0.25) is 19.8 Å². The van der Waals surface area contributed by atoms with E-state index in [9.17, 15) is 14.4 Å². The van der Waals surface area contributed by atoms with Crippen molar-refractivity contribution in [1.82, 2.24) is 10.2 Å². The number of rotatable bonds is 10. The van der Waals surface area contributed by atoms with E-state index in [4.69, 9.17) is 19.3 Å². The molecule has 2 rings (SSSR count). The molecule has 1 aliphatic heterocycles. The summed E-state index contributed by atoms with van der Waals surface area (Å²) >= 11 is 0. The number of ether oxygens (including phenoxy) is 3. The fourth-order valence-electron chi connectivity index (χ4n) is 2.93. The standard InChI is InChI=1S/C19H26N2O5.C3H6O2/c1-5-6-9-13(24-2)12-21-16(18(22)20-19(21)23)17(26-4)14-10-7-8-11-15(14)25-3;1-2-3(4)5/h7-8,10-11,13H,5-6,9,12H2,1-4H3,(H,20,22,23);2H2,1H3,(H,4,5). The normalized spacial score (nSPS) is 15.6. The Morgan fingerprint density at radius 2 is 1.81 bits per heavy atom. The fraction of sp³-hybridized carbons (Fsp3) is 0.500. The Morgan fingerprint density at radius 3 is 2.32 bits per heavy atom. The van der Waals surface area contributed by atoms with Crippen LogP contribution in [0.25, 0.3) is 5.76 Å². The first kappa shape index (κ1) is 26.0. The molecular weight excluding hydrogens is 404 g/mol. The Kier molecular flexibility index (Phi) is 11.1. The maximum atomic E-state index is 12.5. The van der Waals surface area contributed by atoms with Crippen LogP contribution in [0.4, 0.5) is 4.79 Å². The van der Waals surface area contributed by atoms with E-state index in [2.05, 4.69) is 12.2 Å². The highest BCUT2D eigenvalue weighted by molar-refractivity contribution is 6.15. The molecule has 3 amide bonds. The van der Waals surface area contributed by atoms with Crippen molar-refractivity contribution in [1.29, 1.82) is 0 Å². The molecule has 31 heavy (non-hydrogen) atoms. The first-order valence-electron chi connectivity index (χ1n) is 10.1. The van der Waals surface area contributed by atoms with Crippen molar-refractivity contribution in [2.75, 3.05) is 27.9 Å². The number of amides is 3. The zero-order chi connectivity index (χ0) is 23.4. The number of nitrogens with one attached hydrogen (secondary N) is 1. The second kappa shape index (κ2) is 13.3. The number of imide groups is 1. The van der Waals surface area contributed by atoms with E-state index in [0.717, 1.165) is 19.3 Å². The fourth-order valence-corrected chi connectivity index (χ4v) is 2.93. The van der Waals surface area contributed by atoms with Gasteiger partial charge in [-0.05, 0) is 18.6 Å². The summed E-state index contributed by atoms with van der Waals surface area (Å²) in [5, 5.41) is 10.1. The summed E-state index contributed by atoms with van der Waals surface area (Å²) in [6, 6.07) is 6.71. The summed E-state index contributed by atoms with van der Waals surface area (Å²) in [6.07, 6.45) is 2.86. The van der Waals surface area contributed by atoms with Gasteiger partial charge in [0.05, 0.1) is 32.4 Å². The van der Waals surface area contributed by atoms with Crippen LogP contribution in [0.15, 0.2) is 30.0 Å². The van der Waals surface area contributed by atoms with Gasteiger partial charge in [0.25, 0.3) is 5.91 Å². The van der Waals surface area contributed by atoms with Crippen molar-refractivity contribution in [2.24, 2.45) is 0 Å². The van der Waals surface area contributed by atoms with E-state index in [1.54, 1.807) is 33.3 Å². The van der Waals surface area contributed by atoms with E-state index in [1.165, 1.54) is 12.0 Å². The number of carbonyl (C=O) groups excluding carboxylic acids is 2. The van der Waals surface area contributed by atoms with Gasteiger partial charge in [0.15, 0.2) is 11.5 Å². The van der Waals surface area contributed by atoms with E-state index in [-0.39, 0.29) is 30.5 Å². The SMILES string of the molecule is CCC(=O)O.CCCCC(CN1C(=O)NC(=O)C1=C(OC)c1ccccc1OC)OC. The van der Waals surface area contributed by atoms with Crippen LogP contribution in [0.3, 0.4) is 0 Å². The van der Waals surface area contributed by atoms with Gasteiger partial charge in [-0.25, -0.2) is 4.79 Å². The van der Waals surface area contributed by atoms with Crippen LogP contribution in [0.5, 0.6) is 5.75 Å². The molecule has 2 N–H and O–H groups in total. The molecule has 1 atom stereocenters. The van der Waals surface area contributed by atoms with Crippen LogP contribution in [-0.4, -0.2) is 61.9 Å². The van der Waals surface area contributed by atoms with Gasteiger partial charge in [0.2, 0.25) is 0 Å². The summed E-state index contributed by atoms with van der Waals surface area (Å²) < 4.78 is 16.4. The Morgan fingerprint density at radius 1 is 1.16 bits per heavy atom. The molecule has 0 aromatic heterocycles. The molecule has 1 unspecified atom stereocenters. The molecule has 9 heteroatoms. The molecule has 0 saturated carbocycles. The third-order valence-electron chi connectivity index (χ3n) is 4.62. The van der Waals surface area contributed by atoms with Crippen LogP contribution in [0.2, 0.25) is 0 Å². The number of aliphatic carboxylic acids is 1. The predicted octanol–water partition coefficient (Wildman–Crippen LogP) is 3.25. The highest BCUT2D eigenvalue weighted by Gasteiger charge is 2.38. The molecule has 1 aromatic carbocycles. The highest BCUT2D eigenvalue weighted by Crippen LogP contribution is 2.32. The lowest BCUT2D eigenvalue weighted by atomic mass is 10.1. The molecule has 0 bridgehead atoms. The Bertz CT molecular complexity index is 792. The summed E-state index contributed by atoms with van der Waals surface area (Å²) in [5.41, 5.74) is 0.769. The van der Waals surface area contributed by atoms with E-state index < -0.39 is 17.9 Å². The van der Waals surface area contributed by atoms with Crippen LogP contribution in [0.1, 0.15) is 45.1 Å². The number of carboxylic acid groups (broad SMARTS) is 1. The Balaban J connectivity index is 0.000000861. The van der Waals surface area contributed by atoms with Gasteiger partial charge >= 0.3 is 12.0 Å². The van der Waals surface area contributed by atoms with Gasteiger partial charge in [0, 0.05) is 13.5 Å². The molecule has 9 nitrogen and oxygen atoms in total. The van der Waals surface area contributed by atoms with Crippen LogP contribution in [-0.2, 0) is 19.1 Å². The van der Waals surface area contributed by atoms with Gasteiger partial charge < -0.3 is 19.3 Å². The topological polar surface area (TPSA) is 114 Å². The number of benzene rings is 1. The summed E-state index contributed by atoms with van der Waals surface area (Å²) in [4.78, 5) is 35.6. The molecule has 0 spiro atoms. The minimum atomic E-state index is -0.745. The van der Waals surface area contributed by atoms with Gasteiger partial charge in [-0.15, -0.1) is 0 Å². The number of urea groups is 1. The van der Waals surface area contributed by atoms with Crippen molar-refractivity contribution in [2.45, 2.75) is 45.6 Å². The second-order valence-corrected chi connectivity index (χ2v) is 6.70. The summed E-state index contributed by atoms with van der Waals surface area (Å²) in [7, 11) is 4.62. The lowest BCUT2D eigenvalue weighted by molar-refractivity contribution is -0.136. The summed E-state index contributed by atoms with van der Waals surface area (Å²) in [5.74, 6) is -0.400. The van der Waals surface area contributed by atoms with Crippen molar-refractivity contribution in [3.8, 4) is 5.75 Å². The first-order chi connectivity index (χ1) is 14.8. The maximum absolute atomic E-state index is 12.5. The molecular formula is C22H32N2O7. The van der Waals surface area contributed by atoms with Crippen LogP contribution < -0.4 is 10.1 Å². The van der Waals surface area contributed by atoms with E-state index in [1.807, 2.05) is 12.1 Å². The lowest BCUT2D eigenvalue weighted by Gasteiger charge is -2.24. The quantitative estimate of drug-likeness (QED) is 0.329. The molecule has 1 fully saturated rings. The number of carbonyl (C=O) groups is 3. The highest BCUT2D eigenvalue weighted by atomic mass is 16.5. The molecule has 1 saturated heterocycles. The van der Waals surface area contributed by atoms with Gasteiger partial charge in [-0.1, -0.05) is 38.8 Å². The molecule has 0 aliphatic carbocycles. The van der Waals surface area contributed by atoms with Crippen molar-refractivity contribution >= 4 is 23.7 Å². The number of methoxy groups -OCH3 is 3. The number of nitrogens with zero attached hydrogens (tertiary/aromatic N) is 1. The molecule has 1 aromatic rings. The lowest BCUT2D eigenvalue weighted by Crippen LogP contribution is -2.35. The van der Waals surface area contributed by atoms with E-state index >= 15 is 0 Å². The largest absolute Gasteiger partial charge is 0.496 e. The molecule has 1 aliphatic rings. The Labute approximate surface area is 183 Å². The minimum absolute atomic E-state index is 0.167. The predicted molar refractivity (Wildman–Crippen MR) is 115 cm³/mol. The number of carboxylic acids is 1.